The van der Waals surface area contributed by atoms with Gasteiger partial charge in [-0.25, -0.2) is 4.39 Å². The smallest absolute Gasteiger partial charge is 0.123 e. The van der Waals surface area contributed by atoms with Gasteiger partial charge in [-0.05, 0) is 42.7 Å². The van der Waals surface area contributed by atoms with E-state index < -0.39 is 6.10 Å². The molecule has 0 aromatic heterocycles. The summed E-state index contributed by atoms with van der Waals surface area (Å²) in [5, 5.41) is 13.3. The minimum atomic E-state index is -0.727. The van der Waals surface area contributed by atoms with Crippen molar-refractivity contribution < 1.29 is 9.50 Å². The summed E-state index contributed by atoms with van der Waals surface area (Å²) in [6.07, 6.45) is -0.727. The maximum Gasteiger partial charge on any atom is 0.123 e. The second-order valence-electron chi connectivity index (χ2n) is 4.72. The monoisotopic (exact) mass is 259 g/mol. The minimum absolute atomic E-state index is 0.330. The summed E-state index contributed by atoms with van der Waals surface area (Å²) < 4.78 is 13.1. The minimum Gasteiger partial charge on any atom is -0.387 e. The first kappa shape index (κ1) is 13.6. The number of benzene rings is 2. The van der Waals surface area contributed by atoms with Crippen LogP contribution in [0.3, 0.4) is 0 Å². The van der Waals surface area contributed by atoms with Crippen LogP contribution >= 0.6 is 0 Å². The molecule has 2 nitrogen and oxygen atoms in total. The molecule has 0 aliphatic carbocycles. The fraction of sp³-hybridized carbons (Fsp3) is 0.250. The predicted octanol–water partition coefficient (Wildman–Crippen LogP) is 3.59. The summed E-state index contributed by atoms with van der Waals surface area (Å²) in [4.78, 5) is 0. The van der Waals surface area contributed by atoms with Crippen LogP contribution in [0.2, 0.25) is 0 Å². The number of hydrogen-bond donors (Lipinski definition) is 2. The number of nitrogens with one attached hydrogen (secondary N) is 1. The van der Waals surface area contributed by atoms with E-state index in [4.69, 9.17) is 0 Å². The molecule has 100 valence electrons. The van der Waals surface area contributed by atoms with Crippen LogP contribution in [-0.2, 0) is 0 Å². The Labute approximate surface area is 112 Å². The molecular weight excluding hydrogens is 241 g/mol. The lowest BCUT2D eigenvalue weighted by Crippen LogP contribution is -2.13. The number of rotatable bonds is 4. The summed E-state index contributed by atoms with van der Waals surface area (Å²) in [5.74, 6) is -0.330. The van der Waals surface area contributed by atoms with Crippen LogP contribution in [-0.4, -0.2) is 11.7 Å². The maximum absolute atomic E-state index is 13.1. The highest BCUT2D eigenvalue weighted by molar-refractivity contribution is 5.56. The van der Waals surface area contributed by atoms with Crippen molar-refractivity contribution in [2.75, 3.05) is 11.9 Å². The van der Waals surface area contributed by atoms with Crippen molar-refractivity contribution in [1.29, 1.82) is 0 Å². The Bertz CT molecular complexity index is 548. The Morgan fingerprint density at radius 3 is 2.37 bits per heavy atom. The molecule has 0 bridgehead atoms. The quantitative estimate of drug-likeness (QED) is 0.879. The Morgan fingerprint density at radius 2 is 1.74 bits per heavy atom. The number of aliphatic hydroxyl groups is 1. The van der Waals surface area contributed by atoms with Crippen LogP contribution in [0.5, 0.6) is 0 Å². The van der Waals surface area contributed by atoms with Gasteiger partial charge in [-0.15, -0.1) is 0 Å². The van der Waals surface area contributed by atoms with Crippen LogP contribution in [0.25, 0.3) is 0 Å². The fourth-order valence-corrected chi connectivity index (χ4v) is 2.12. The zero-order valence-electron chi connectivity index (χ0n) is 11.2. The molecule has 1 unspecified atom stereocenters. The normalized spacial score (nSPS) is 12.2. The zero-order chi connectivity index (χ0) is 13.8. The molecule has 0 radical (unpaired) electrons. The van der Waals surface area contributed by atoms with E-state index in [2.05, 4.69) is 5.32 Å². The van der Waals surface area contributed by atoms with E-state index in [-0.39, 0.29) is 5.82 Å². The number of aliphatic hydroxyl groups excluding tert-OH is 1. The average molecular weight is 259 g/mol. The van der Waals surface area contributed by atoms with E-state index in [1.807, 2.05) is 32.0 Å². The molecule has 0 amide bonds. The summed E-state index contributed by atoms with van der Waals surface area (Å²) in [6, 6.07) is 12.1. The number of aryl methyl sites for hydroxylation is 2. The standard InChI is InChI=1S/C16H18FNO/c1-11-5-3-6-12(2)16(11)18-10-15(19)13-7-4-8-14(17)9-13/h3-9,15,18-19H,10H2,1-2H3. The Hall–Kier alpha value is -1.87. The van der Waals surface area contributed by atoms with Crippen molar-refractivity contribution in [3.63, 3.8) is 0 Å². The number of para-hydroxylation sites is 1. The van der Waals surface area contributed by atoms with E-state index in [0.29, 0.717) is 12.1 Å². The van der Waals surface area contributed by atoms with Gasteiger partial charge in [0.25, 0.3) is 0 Å². The zero-order valence-corrected chi connectivity index (χ0v) is 11.2. The topological polar surface area (TPSA) is 32.3 Å². The molecule has 2 N–H and O–H groups in total. The average Bonchev–Trinajstić information content (AvgIpc) is 2.38. The van der Waals surface area contributed by atoms with Crippen LogP contribution in [0.4, 0.5) is 10.1 Å². The van der Waals surface area contributed by atoms with Crippen molar-refractivity contribution in [3.05, 3.63) is 65.0 Å². The van der Waals surface area contributed by atoms with Crippen molar-refractivity contribution in [1.82, 2.24) is 0 Å². The summed E-state index contributed by atoms with van der Waals surface area (Å²) >= 11 is 0. The van der Waals surface area contributed by atoms with Gasteiger partial charge < -0.3 is 10.4 Å². The summed E-state index contributed by atoms with van der Waals surface area (Å²) in [6.45, 7) is 4.39. The van der Waals surface area contributed by atoms with Gasteiger partial charge in [0.15, 0.2) is 0 Å². The molecule has 19 heavy (non-hydrogen) atoms. The SMILES string of the molecule is Cc1cccc(C)c1NCC(O)c1cccc(F)c1. The predicted molar refractivity (Wildman–Crippen MR) is 75.8 cm³/mol. The number of hydrogen-bond acceptors (Lipinski definition) is 2. The van der Waals surface area contributed by atoms with Crippen LogP contribution < -0.4 is 5.32 Å². The first-order valence-corrected chi connectivity index (χ1v) is 6.31. The summed E-state index contributed by atoms with van der Waals surface area (Å²) in [5.41, 5.74) is 3.87. The molecule has 0 fully saturated rings. The molecule has 2 aromatic rings. The van der Waals surface area contributed by atoms with Gasteiger partial charge in [-0.1, -0.05) is 30.3 Å². The highest BCUT2D eigenvalue weighted by atomic mass is 19.1. The molecule has 1 atom stereocenters. The third-order valence-electron chi connectivity index (χ3n) is 3.19. The third-order valence-corrected chi connectivity index (χ3v) is 3.19. The van der Waals surface area contributed by atoms with E-state index in [1.54, 1.807) is 12.1 Å². The highest BCUT2D eigenvalue weighted by Crippen LogP contribution is 2.21. The first-order valence-electron chi connectivity index (χ1n) is 6.31. The Balaban J connectivity index is 2.06. The molecule has 0 heterocycles. The fourth-order valence-electron chi connectivity index (χ4n) is 2.12. The lowest BCUT2D eigenvalue weighted by Gasteiger charge is -2.16. The Morgan fingerprint density at radius 1 is 1.11 bits per heavy atom. The molecular formula is C16H18FNO. The lowest BCUT2D eigenvalue weighted by atomic mass is 10.1. The third kappa shape index (κ3) is 3.32. The van der Waals surface area contributed by atoms with Crippen molar-refractivity contribution in [3.8, 4) is 0 Å². The van der Waals surface area contributed by atoms with Gasteiger partial charge in [0.05, 0.1) is 6.10 Å². The molecule has 2 rings (SSSR count). The van der Waals surface area contributed by atoms with E-state index in [9.17, 15) is 9.50 Å². The van der Waals surface area contributed by atoms with Gasteiger partial charge >= 0.3 is 0 Å². The molecule has 3 heteroatoms. The van der Waals surface area contributed by atoms with Crippen molar-refractivity contribution >= 4 is 5.69 Å². The Kier molecular flexibility index (Phi) is 4.17. The molecule has 0 saturated carbocycles. The highest BCUT2D eigenvalue weighted by Gasteiger charge is 2.09. The number of halogens is 1. The van der Waals surface area contributed by atoms with Crippen LogP contribution in [0, 0.1) is 19.7 Å². The molecule has 0 spiro atoms. The van der Waals surface area contributed by atoms with Gasteiger partial charge in [-0.2, -0.15) is 0 Å². The lowest BCUT2D eigenvalue weighted by molar-refractivity contribution is 0.191. The second-order valence-corrected chi connectivity index (χ2v) is 4.72. The molecule has 2 aromatic carbocycles. The maximum atomic E-state index is 13.1. The molecule has 0 aliphatic heterocycles. The van der Waals surface area contributed by atoms with Crippen LogP contribution in [0.15, 0.2) is 42.5 Å². The largest absolute Gasteiger partial charge is 0.387 e. The van der Waals surface area contributed by atoms with Crippen molar-refractivity contribution in [2.24, 2.45) is 0 Å². The molecule has 0 aliphatic rings. The van der Waals surface area contributed by atoms with Crippen molar-refractivity contribution in [2.45, 2.75) is 20.0 Å². The molecule has 0 saturated heterocycles. The number of anilines is 1. The van der Waals surface area contributed by atoms with Gasteiger partial charge in [0.1, 0.15) is 5.82 Å². The first-order chi connectivity index (χ1) is 9.08. The van der Waals surface area contributed by atoms with Gasteiger partial charge in [-0.3, -0.25) is 0 Å². The van der Waals surface area contributed by atoms with Crippen LogP contribution in [0.1, 0.15) is 22.8 Å². The van der Waals surface area contributed by atoms with Gasteiger partial charge in [0.2, 0.25) is 0 Å². The van der Waals surface area contributed by atoms with E-state index >= 15 is 0 Å². The van der Waals surface area contributed by atoms with Gasteiger partial charge in [0, 0.05) is 12.2 Å². The summed E-state index contributed by atoms with van der Waals surface area (Å²) in [7, 11) is 0. The second kappa shape index (κ2) is 5.85. The van der Waals surface area contributed by atoms with E-state index in [0.717, 1.165) is 16.8 Å². The van der Waals surface area contributed by atoms with E-state index in [1.165, 1.54) is 12.1 Å².